The Labute approximate surface area is 201 Å². The lowest BCUT2D eigenvalue weighted by molar-refractivity contribution is 0.0995. The monoisotopic (exact) mass is 474 g/mol. The minimum absolute atomic E-state index is 0.0633. The number of primary amides is 1. The van der Waals surface area contributed by atoms with Gasteiger partial charge in [0.25, 0.3) is 11.9 Å². The highest BCUT2D eigenvalue weighted by molar-refractivity contribution is 5.96. The van der Waals surface area contributed by atoms with E-state index >= 15 is 0 Å². The summed E-state index contributed by atoms with van der Waals surface area (Å²) in [5.74, 6) is -0.303. The van der Waals surface area contributed by atoms with Crippen LogP contribution in [0.3, 0.4) is 0 Å². The summed E-state index contributed by atoms with van der Waals surface area (Å²) in [5.41, 5.74) is 8.46. The van der Waals surface area contributed by atoms with E-state index in [2.05, 4.69) is 25.4 Å². The number of benzene rings is 1. The molecule has 0 unspecified atom stereocenters. The van der Waals surface area contributed by atoms with Crippen LogP contribution in [0.15, 0.2) is 47.3 Å². The van der Waals surface area contributed by atoms with Crippen molar-refractivity contribution in [3.05, 3.63) is 59.8 Å². The normalized spacial score (nSPS) is 14.6. The number of aliphatic hydroxyl groups is 1. The van der Waals surface area contributed by atoms with Crippen LogP contribution in [-0.2, 0) is 7.05 Å². The number of aromatic nitrogens is 5. The summed E-state index contributed by atoms with van der Waals surface area (Å²) >= 11 is 0. The van der Waals surface area contributed by atoms with Crippen LogP contribution in [0, 0.1) is 0 Å². The lowest BCUT2D eigenvalue weighted by Crippen LogP contribution is -2.45. The number of nitrogens with zero attached hydrogens (tertiary/aromatic N) is 6. The lowest BCUT2D eigenvalue weighted by atomic mass is 9.97. The molecule has 1 fully saturated rings. The first-order chi connectivity index (χ1) is 16.6. The van der Waals surface area contributed by atoms with Crippen LogP contribution in [0.1, 0.15) is 41.5 Å². The fraction of sp³-hybridized carbons (Fsp3) is 0.292. The smallest absolute Gasteiger partial charge is 0.298 e. The maximum Gasteiger partial charge on any atom is 0.298 e. The molecule has 0 saturated carbocycles. The Morgan fingerprint density at radius 3 is 2.77 bits per heavy atom. The molecule has 1 saturated heterocycles. The molecule has 0 spiro atoms. The first-order valence-electron chi connectivity index (χ1n) is 11.1. The molecule has 11 heteroatoms. The lowest BCUT2D eigenvalue weighted by Gasteiger charge is -2.37. The molecule has 0 atom stereocenters. The zero-order valence-electron chi connectivity index (χ0n) is 19.6. The van der Waals surface area contributed by atoms with E-state index in [0.29, 0.717) is 41.9 Å². The second kappa shape index (κ2) is 8.51. The third-order valence-electron chi connectivity index (χ3n) is 5.65. The average molecular weight is 475 g/mol. The second-order valence-electron chi connectivity index (χ2n) is 9.20. The van der Waals surface area contributed by atoms with Crippen molar-refractivity contribution >= 4 is 40.6 Å². The Bertz CT molecular complexity index is 1430. The van der Waals surface area contributed by atoms with Crippen molar-refractivity contribution in [3.63, 3.8) is 0 Å². The standard InChI is InChI=1S/C24H26N8O3/c1-24(2,34)7-6-14-4-5-17-19(8-14)35-23(30-17)32-11-15(12-32)18-10-26-22(20(29-18)21(25)33)28-16-9-27-31(3)13-16/h4-10,13,15,34H,11-12H2,1-3H3,(H2,25,33)(H,26,28)/b7-6+. The Morgan fingerprint density at radius 1 is 1.29 bits per heavy atom. The van der Waals surface area contributed by atoms with Crippen LogP contribution in [-0.4, -0.2) is 54.4 Å². The molecule has 0 aliphatic carbocycles. The largest absolute Gasteiger partial charge is 0.423 e. The molecule has 4 N–H and O–H groups in total. The fourth-order valence-corrected chi connectivity index (χ4v) is 3.78. The van der Waals surface area contributed by atoms with Crippen LogP contribution in [0.25, 0.3) is 17.2 Å². The molecule has 0 radical (unpaired) electrons. The van der Waals surface area contributed by atoms with E-state index in [4.69, 9.17) is 10.2 Å². The van der Waals surface area contributed by atoms with Crippen molar-refractivity contribution < 1.29 is 14.3 Å². The summed E-state index contributed by atoms with van der Waals surface area (Å²) in [7, 11) is 1.79. The Balaban J connectivity index is 1.29. The second-order valence-corrected chi connectivity index (χ2v) is 9.20. The van der Waals surface area contributed by atoms with Gasteiger partial charge in [-0.15, -0.1) is 0 Å². The first-order valence-corrected chi connectivity index (χ1v) is 11.1. The highest BCUT2D eigenvalue weighted by atomic mass is 16.4. The molecule has 3 aromatic heterocycles. The Hall–Kier alpha value is -4.25. The number of rotatable bonds is 7. The summed E-state index contributed by atoms with van der Waals surface area (Å²) in [4.78, 5) is 27.5. The minimum atomic E-state index is -0.890. The van der Waals surface area contributed by atoms with Crippen LogP contribution < -0.4 is 16.0 Å². The van der Waals surface area contributed by atoms with E-state index in [1.807, 2.05) is 29.2 Å². The number of hydrogen-bond donors (Lipinski definition) is 3. The summed E-state index contributed by atoms with van der Waals surface area (Å²) in [6.45, 7) is 4.69. The van der Waals surface area contributed by atoms with Crippen molar-refractivity contribution in [1.29, 1.82) is 0 Å². The molecular formula is C24H26N8O3. The average Bonchev–Trinajstić information content (AvgIpc) is 3.36. The van der Waals surface area contributed by atoms with E-state index in [9.17, 15) is 9.90 Å². The quantitative estimate of drug-likeness (QED) is 0.367. The predicted molar refractivity (Wildman–Crippen MR) is 131 cm³/mol. The molecule has 1 aliphatic heterocycles. The Kier molecular flexibility index (Phi) is 5.48. The number of oxazole rings is 1. The third-order valence-corrected chi connectivity index (χ3v) is 5.65. The van der Waals surface area contributed by atoms with Crippen LogP contribution in [0.4, 0.5) is 17.5 Å². The molecule has 0 bridgehead atoms. The molecule has 4 heterocycles. The van der Waals surface area contributed by atoms with E-state index < -0.39 is 11.5 Å². The molecule has 1 aromatic carbocycles. The molecule has 35 heavy (non-hydrogen) atoms. The van der Waals surface area contributed by atoms with Gasteiger partial charge in [-0.1, -0.05) is 18.2 Å². The van der Waals surface area contributed by atoms with Crippen molar-refractivity contribution in [2.24, 2.45) is 12.8 Å². The topological polar surface area (TPSA) is 148 Å². The maximum atomic E-state index is 12.0. The fourth-order valence-electron chi connectivity index (χ4n) is 3.78. The van der Waals surface area contributed by atoms with Crippen molar-refractivity contribution in [2.45, 2.75) is 25.4 Å². The molecule has 180 valence electrons. The van der Waals surface area contributed by atoms with Crippen molar-refractivity contribution in [3.8, 4) is 0 Å². The number of fused-ring (bicyclic) bond motifs is 1. The van der Waals surface area contributed by atoms with Crippen molar-refractivity contribution in [2.75, 3.05) is 23.3 Å². The van der Waals surface area contributed by atoms with Gasteiger partial charge in [-0.3, -0.25) is 9.48 Å². The van der Waals surface area contributed by atoms with Gasteiger partial charge >= 0.3 is 0 Å². The zero-order valence-corrected chi connectivity index (χ0v) is 19.6. The van der Waals surface area contributed by atoms with Gasteiger partial charge in [-0.25, -0.2) is 9.97 Å². The van der Waals surface area contributed by atoms with Crippen LogP contribution in [0.2, 0.25) is 0 Å². The van der Waals surface area contributed by atoms with E-state index in [1.165, 1.54) is 0 Å². The predicted octanol–water partition coefficient (Wildman–Crippen LogP) is 2.58. The molecule has 1 amide bonds. The van der Waals surface area contributed by atoms with Gasteiger partial charge in [-0.05, 0) is 31.5 Å². The van der Waals surface area contributed by atoms with Gasteiger partial charge in [0, 0.05) is 32.3 Å². The number of nitrogens with two attached hydrogens (primary N) is 1. The number of amides is 1. The van der Waals surface area contributed by atoms with Gasteiger partial charge in [0.1, 0.15) is 5.52 Å². The number of nitrogens with one attached hydrogen (secondary N) is 1. The number of hydrogen-bond acceptors (Lipinski definition) is 9. The van der Waals surface area contributed by atoms with Gasteiger partial charge < -0.3 is 25.5 Å². The van der Waals surface area contributed by atoms with Gasteiger partial charge in [0.05, 0.1) is 29.4 Å². The van der Waals surface area contributed by atoms with E-state index in [0.717, 1.165) is 11.1 Å². The maximum absolute atomic E-state index is 12.0. The number of carbonyl (C=O) groups is 1. The zero-order chi connectivity index (χ0) is 24.7. The van der Waals surface area contributed by atoms with Crippen LogP contribution >= 0.6 is 0 Å². The summed E-state index contributed by atoms with van der Waals surface area (Å²) in [5, 5.41) is 17.0. The molecule has 11 nitrogen and oxygen atoms in total. The molecule has 5 rings (SSSR count). The third kappa shape index (κ3) is 4.85. The number of carbonyl (C=O) groups excluding carboxylic acids is 1. The first kappa shape index (κ1) is 22.5. The number of anilines is 3. The van der Waals surface area contributed by atoms with Gasteiger partial charge in [-0.2, -0.15) is 10.1 Å². The van der Waals surface area contributed by atoms with Gasteiger partial charge in [0.15, 0.2) is 17.1 Å². The molecule has 1 aliphatic rings. The minimum Gasteiger partial charge on any atom is -0.423 e. The van der Waals surface area contributed by atoms with Crippen molar-refractivity contribution in [1.82, 2.24) is 24.7 Å². The number of aryl methyl sites for hydroxylation is 1. The summed E-state index contributed by atoms with van der Waals surface area (Å²) in [6, 6.07) is 6.24. The van der Waals surface area contributed by atoms with Gasteiger partial charge in [0.2, 0.25) is 0 Å². The van der Waals surface area contributed by atoms with E-state index in [1.54, 1.807) is 50.2 Å². The highest BCUT2D eigenvalue weighted by Crippen LogP contribution is 2.33. The summed E-state index contributed by atoms with van der Waals surface area (Å²) in [6.07, 6.45) is 8.61. The highest BCUT2D eigenvalue weighted by Gasteiger charge is 2.33. The summed E-state index contributed by atoms with van der Waals surface area (Å²) < 4.78 is 7.60. The molecule has 4 aromatic rings. The molecular weight excluding hydrogens is 448 g/mol. The van der Waals surface area contributed by atoms with Crippen LogP contribution in [0.5, 0.6) is 0 Å². The SMILES string of the molecule is Cn1cc(Nc2ncc(C3CN(c4nc5ccc(/C=C/C(C)(C)O)cc5o4)C3)nc2C(N)=O)cn1. The van der Waals surface area contributed by atoms with E-state index in [-0.39, 0.29) is 11.6 Å². The Morgan fingerprint density at radius 2 is 2.09 bits per heavy atom.